The van der Waals surface area contributed by atoms with Gasteiger partial charge in [-0.3, -0.25) is 9.89 Å². The lowest BCUT2D eigenvalue weighted by atomic mass is 10.1. The molecule has 0 saturated carbocycles. The first kappa shape index (κ1) is 13.1. The van der Waals surface area contributed by atoms with Gasteiger partial charge in [0.2, 0.25) is 0 Å². The predicted molar refractivity (Wildman–Crippen MR) is 79.9 cm³/mol. The molecule has 0 aliphatic carbocycles. The van der Waals surface area contributed by atoms with Gasteiger partial charge in [0.25, 0.3) is 5.91 Å². The molecule has 0 aliphatic rings. The Morgan fingerprint density at radius 1 is 1.33 bits per heavy atom. The Morgan fingerprint density at radius 2 is 2.06 bits per heavy atom. The average molecular weight is 355 g/mol. The number of aromatic nitrogens is 2. The third kappa shape index (κ3) is 2.40. The Balaban J connectivity index is 2.28. The summed E-state index contributed by atoms with van der Waals surface area (Å²) in [6, 6.07) is 5.69. The maximum Gasteiger partial charge on any atom is 0.257 e. The van der Waals surface area contributed by atoms with Gasteiger partial charge >= 0.3 is 0 Å². The van der Waals surface area contributed by atoms with Gasteiger partial charge in [-0.25, -0.2) is 0 Å². The molecule has 1 heterocycles. The van der Waals surface area contributed by atoms with Gasteiger partial charge in [-0.05, 0) is 55.0 Å². The number of nitrogens with one attached hydrogen (secondary N) is 2. The van der Waals surface area contributed by atoms with E-state index in [1.54, 1.807) is 0 Å². The van der Waals surface area contributed by atoms with E-state index in [0.717, 1.165) is 20.4 Å². The van der Waals surface area contributed by atoms with Crippen molar-refractivity contribution in [2.75, 3.05) is 5.32 Å². The van der Waals surface area contributed by atoms with Gasteiger partial charge in [-0.15, -0.1) is 0 Å². The lowest BCUT2D eigenvalue weighted by Gasteiger charge is -2.07. The van der Waals surface area contributed by atoms with Gasteiger partial charge in [0.05, 0.1) is 5.56 Å². The number of hydrogen-bond acceptors (Lipinski definition) is 2. The van der Waals surface area contributed by atoms with E-state index in [2.05, 4.69) is 38.1 Å². The minimum atomic E-state index is -0.127. The lowest BCUT2D eigenvalue weighted by molar-refractivity contribution is 0.102. The van der Waals surface area contributed by atoms with Crippen molar-refractivity contribution < 1.29 is 4.79 Å². The molecule has 94 valence electrons. The van der Waals surface area contributed by atoms with Crippen LogP contribution in [-0.4, -0.2) is 16.1 Å². The SMILES string of the molecule is Cc1cccc(C(=O)Nc2n[nH]c(C)c2C)c1I. The fourth-order valence-corrected chi connectivity index (χ4v) is 2.21. The molecule has 0 saturated heterocycles. The molecule has 0 radical (unpaired) electrons. The summed E-state index contributed by atoms with van der Waals surface area (Å²) < 4.78 is 0.970. The van der Waals surface area contributed by atoms with Crippen molar-refractivity contribution in [1.29, 1.82) is 0 Å². The second-order valence-corrected chi connectivity index (χ2v) is 5.29. The van der Waals surface area contributed by atoms with Crippen molar-refractivity contribution in [1.82, 2.24) is 10.2 Å². The molecule has 2 rings (SSSR count). The maximum absolute atomic E-state index is 12.2. The van der Waals surface area contributed by atoms with E-state index in [-0.39, 0.29) is 5.91 Å². The number of benzene rings is 1. The van der Waals surface area contributed by atoms with Gasteiger partial charge in [-0.1, -0.05) is 12.1 Å². The number of H-pyrrole nitrogens is 1. The summed E-state index contributed by atoms with van der Waals surface area (Å²) in [5.41, 5.74) is 3.70. The van der Waals surface area contributed by atoms with Crippen molar-refractivity contribution in [3.05, 3.63) is 44.2 Å². The van der Waals surface area contributed by atoms with Crippen molar-refractivity contribution >= 4 is 34.3 Å². The Hall–Kier alpha value is -1.37. The average Bonchev–Trinajstić information content (AvgIpc) is 2.64. The van der Waals surface area contributed by atoms with Gasteiger partial charge in [0.1, 0.15) is 0 Å². The van der Waals surface area contributed by atoms with Crippen LogP contribution in [0.2, 0.25) is 0 Å². The van der Waals surface area contributed by atoms with Crippen LogP contribution in [0.15, 0.2) is 18.2 Å². The number of nitrogens with zero attached hydrogens (tertiary/aromatic N) is 1. The number of anilines is 1. The molecule has 0 aliphatic heterocycles. The molecule has 0 fully saturated rings. The van der Waals surface area contributed by atoms with E-state index >= 15 is 0 Å². The first-order valence-corrected chi connectivity index (χ1v) is 6.66. The second kappa shape index (κ2) is 5.09. The van der Waals surface area contributed by atoms with Crippen LogP contribution in [0.5, 0.6) is 0 Å². The molecule has 4 nitrogen and oxygen atoms in total. The van der Waals surface area contributed by atoms with Crippen molar-refractivity contribution in [3.8, 4) is 0 Å². The van der Waals surface area contributed by atoms with Crippen LogP contribution in [0.25, 0.3) is 0 Å². The standard InChI is InChI=1S/C13H14IN3O/c1-7-5-4-6-10(11(7)14)13(18)15-12-8(2)9(3)16-17-12/h4-6H,1-3H3,(H2,15,16,17,18). The van der Waals surface area contributed by atoms with Gasteiger partial charge in [0.15, 0.2) is 5.82 Å². The van der Waals surface area contributed by atoms with Crippen LogP contribution in [0.1, 0.15) is 27.2 Å². The van der Waals surface area contributed by atoms with E-state index in [9.17, 15) is 4.79 Å². The van der Waals surface area contributed by atoms with E-state index in [1.807, 2.05) is 39.0 Å². The zero-order valence-corrected chi connectivity index (χ0v) is 12.6. The molecule has 0 bridgehead atoms. The molecule has 5 heteroatoms. The Kier molecular flexibility index (Phi) is 3.70. The Morgan fingerprint density at radius 3 is 2.67 bits per heavy atom. The van der Waals surface area contributed by atoms with Crippen LogP contribution < -0.4 is 5.32 Å². The summed E-state index contributed by atoms with van der Waals surface area (Å²) in [6.45, 7) is 5.84. The number of rotatable bonds is 2. The van der Waals surface area contributed by atoms with Gasteiger partial charge < -0.3 is 5.32 Å². The quantitative estimate of drug-likeness (QED) is 0.813. The van der Waals surface area contributed by atoms with Crippen molar-refractivity contribution in [3.63, 3.8) is 0 Å². The van der Waals surface area contributed by atoms with Gasteiger partial charge in [0, 0.05) is 14.8 Å². The summed E-state index contributed by atoms with van der Waals surface area (Å²) in [5, 5.41) is 9.76. The third-order valence-electron chi connectivity index (χ3n) is 2.92. The normalized spacial score (nSPS) is 10.4. The first-order chi connectivity index (χ1) is 8.50. The van der Waals surface area contributed by atoms with E-state index in [4.69, 9.17) is 0 Å². The summed E-state index contributed by atoms with van der Waals surface area (Å²) in [7, 11) is 0. The fourth-order valence-electron chi connectivity index (χ4n) is 1.60. The summed E-state index contributed by atoms with van der Waals surface area (Å²) in [4.78, 5) is 12.2. The number of hydrogen-bond donors (Lipinski definition) is 2. The minimum Gasteiger partial charge on any atom is -0.305 e. The fraction of sp³-hybridized carbons (Fsp3) is 0.231. The second-order valence-electron chi connectivity index (χ2n) is 4.21. The molecule has 18 heavy (non-hydrogen) atoms. The Labute approximate surface area is 119 Å². The van der Waals surface area contributed by atoms with Crippen LogP contribution in [-0.2, 0) is 0 Å². The molecule has 0 unspecified atom stereocenters. The smallest absolute Gasteiger partial charge is 0.257 e. The number of halogens is 1. The maximum atomic E-state index is 12.2. The predicted octanol–water partition coefficient (Wildman–Crippen LogP) is 3.19. The van der Waals surface area contributed by atoms with E-state index in [1.165, 1.54) is 0 Å². The highest BCUT2D eigenvalue weighted by Crippen LogP contribution is 2.19. The highest BCUT2D eigenvalue weighted by Gasteiger charge is 2.14. The zero-order valence-electron chi connectivity index (χ0n) is 10.5. The molecule has 1 amide bonds. The topological polar surface area (TPSA) is 57.8 Å². The lowest BCUT2D eigenvalue weighted by Crippen LogP contribution is -2.14. The number of aryl methyl sites for hydroxylation is 2. The van der Waals surface area contributed by atoms with Crippen molar-refractivity contribution in [2.45, 2.75) is 20.8 Å². The number of carbonyl (C=O) groups excluding carboxylic acids is 1. The van der Waals surface area contributed by atoms with Crippen LogP contribution in [0.4, 0.5) is 5.82 Å². The molecular weight excluding hydrogens is 341 g/mol. The highest BCUT2D eigenvalue weighted by atomic mass is 127. The van der Waals surface area contributed by atoms with Crippen LogP contribution >= 0.6 is 22.6 Å². The summed E-state index contributed by atoms with van der Waals surface area (Å²) in [5.74, 6) is 0.465. The molecular formula is C13H14IN3O. The largest absolute Gasteiger partial charge is 0.305 e. The molecule has 2 aromatic rings. The molecule has 0 atom stereocenters. The number of aromatic amines is 1. The van der Waals surface area contributed by atoms with Gasteiger partial charge in [-0.2, -0.15) is 5.10 Å². The number of carbonyl (C=O) groups is 1. The minimum absolute atomic E-state index is 0.127. The third-order valence-corrected chi connectivity index (χ3v) is 4.35. The molecule has 0 spiro atoms. The monoisotopic (exact) mass is 355 g/mol. The Bertz CT molecular complexity index is 604. The van der Waals surface area contributed by atoms with Crippen LogP contribution in [0, 0.1) is 24.3 Å². The van der Waals surface area contributed by atoms with E-state index in [0.29, 0.717) is 11.4 Å². The first-order valence-electron chi connectivity index (χ1n) is 5.58. The van der Waals surface area contributed by atoms with Crippen LogP contribution in [0.3, 0.4) is 0 Å². The van der Waals surface area contributed by atoms with E-state index < -0.39 is 0 Å². The molecule has 2 N–H and O–H groups in total. The zero-order chi connectivity index (χ0) is 13.3. The van der Waals surface area contributed by atoms with Crippen molar-refractivity contribution in [2.24, 2.45) is 0 Å². The molecule has 1 aromatic heterocycles. The summed E-state index contributed by atoms with van der Waals surface area (Å²) >= 11 is 2.19. The number of amides is 1. The molecule has 1 aromatic carbocycles. The summed E-state index contributed by atoms with van der Waals surface area (Å²) in [6.07, 6.45) is 0. The highest BCUT2D eigenvalue weighted by molar-refractivity contribution is 14.1.